The highest BCUT2D eigenvalue weighted by Crippen LogP contribution is 2.25. The first-order valence-electron chi connectivity index (χ1n) is 6.05. The Morgan fingerprint density at radius 1 is 1.38 bits per heavy atom. The number of hydrogen-bond acceptors (Lipinski definition) is 4. The summed E-state index contributed by atoms with van der Waals surface area (Å²) in [7, 11) is 1.60. The average Bonchev–Trinajstić information content (AvgIpc) is 2.77. The SMILES string of the molecule is Cn1nnc(Br)c1CC(=O)O[C@@H](c1ccccc1)C(F)F. The second kappa shape index (κ2) is 6.75. The van der Waals surface area contributed by atoms with Gasteiger partial charge in [0.1, 0.15) is 0 Å². The smallest absolute Gasteiger partial charge is 0.312 e. The van der Waals surface area contributed by atoms with Gasteiger partial charge in [0.15, 0.2) is 10.7 Å². The van der Waals surface area contributed by atoms with Crippen molar-refractivity contribution in [3.05, 3.63) is 46.2 Å². The van der Waals surface area contributed by atoms with Crippen molar-refractivity contribution in [3.8, 4) is 0 Å². The molecule has 0 aliphatic carbocycles. The van der Waals surface area contributed by atoms with E-state index in [4.69, 9.17) is 4.74 Å². The molecule has 5 nitrogen and oxygen atoms in total. The summed E-state index contributed by atoms with van der Waals surface area (Å²) < 4.78 is 32.8. The molecule has 21 heavy (non-hydrogen) atoms. The molecule has 0 spiro atoms. The van der Waals surface area contributed by atoms with Crippen molar-refractivity contribution in [2.75, 3.05) is 0 Å². The van der Waals surface area contributed by atoms with Gasteiger partial charge in [0, 0.05) is 7.05 Å². The summed E-state index contributed by atoms with van der Waals surface area (Å²) in [5.74, 6) is -0.768. The van der Waals surface area contributed by atoms with Gasteiger partial charge < -0.3 is 4.74 Å². The first-order chi connectivity index (χ1) is 9.99. The van der Waals surface area contributed by atoms with Gasteiger partial charge in [-0.1, -0.05) is 35.5 Å². The zero-order chi connectivity index (χ0) is 15.4. The van der Waals surface area contributed by atoms with Crippen LogP contribution in [0.3, 0.4) is 0 Å². The van der Waals surface area contributed by atoms with E-state index in [1.165, 1.54) is 16.8 Å². The lowest BCUT2D eigenvalue weighted by Gasteiger charge is -2.17. The second-order valence-electron chi connectivity index (χ2n) is 4.28. The molecule has 1 aromatic heterocycles. The number of ether oxygens (including phenoxy) is 1. The molecule has 0 saturated carbocycles. The van der Waals surface area contributed by atoms with Crippen LogP contribution in [0, 0.1) is 0 Å². The van der Waals surface area contributed by atoms with E-state index in [9.17, 15) is 13.6 Å². The minimum Gasteiger partial charge on any atom is -0.451 e. The topological polar surface area (TPSA) is 57.0 Å². The Labute approximate surface area is 128 Å². The standard InChI is InChI=1S/C13H12BrF2N3O2/c1-19-9(12(14)17-18-19)7-10(20)21-11(13(15)16)8-5-3-2-4-6-8/h2-6,11,13H,7H2,1H3/t11-/m0/s1. The number of benzene rings is 1. The van der Waals surface area contributed by atoms with E-state index in [0.29, 0.717) is 10.3 Å². The van der Waals surface area contributed by atoms with Crippen LogP contribution in [0.2, 0.25) is 0 Å². The van der Waals surface area contributed by atoms with Crippen molar-refractivity contribution in [1.29, 1.82) is 0 Å². The molecule has 0 aliphatic rings. The van der Waals surface area contributed by atoms with E-state index in [0.717, 1.165) is 0 Å². The largest absolute Gasteiger partial charge is 0.451 e. The average molecular weight is 360 g/mol. The predicted molar refractivity (Wildman–Crippen MR) is 73.7 cm³/mol. The molecular weight excluding hydrogens is 348 g/mol. The van der Waals surface area contributed by atoms with Crippen LogP contribution in [-0.4, -0.2) is 27.4 Å². The summed E-state index contributed by atoms with van der Waals surface area (Å²) in [6.45, 7) is 0. The molecule has 8 heteroatoms. The van der Waals surface area contributed by atoms with E-state index in [1.807, 2.05) is 0 Å². The molecule has 1 aromatic carbocycles. The first-order valence-corrected chi connectivity index (χ1v) is 6.85. The van der Waals surface area contributed by atoms with E-state index >= 15 is 0 Å². The lowest BCUT2D eigenvalue weighted by Crippen LogP contribution is -2.20. The summed E-state index contributed by atoms with van der Waals surface area (Å²) in [4.78, 5) is 11.9. The Morgan fingerprint density at radius 2 is 2.05 bits per heavy atom. The fourth-order valence-corrected chi connectivity index (χ4v) is 2.23. The molecule has 0 aliphatic heterocycles. The number of carbonyl (C=O) groups is 1. The number of aromatic nitrogens is 3. The molecule has 2 rings (SSSR count). The summed E-state index contributed by atoms with van der Waals surface area (Å²) >= 11 is 3.14. The quantitative estimate of drug-likeness (QED) is 0.770. The van der Waals surface area contributed by atoms with Crippen LogP contribution in [0.1, 0.15) is 17.4 Å². The summed E-state index contributed by atoms with van der Waals surface area (Å²) in [6.07, 6.45) is -4.58. The van der Waals surface area contributed by atoms with Gasteiger partial charge in [-0.3, -0.25) is 9.48 Å². The van der Waals surface area contributed by atoms with Crippen LogP contribution in [0.15, 0.2) is 34.9 Å². The van der Waals surface area contributed by atoms with E-state index in [1.54, 1.807) is 25.2 Å². The fourth-order valence-electron chi connectivity index (χ4n) is 1.77. The van der Waals surface area contributed by atoms with Crippen molar-refractivity contribution in [1.82, 2.24) is 15.0 Å². The zero-order valence-electron chi connectivity index (χ0n) is 11.0. The number of hydrogen-bond donors (Lipinski definition) is 0. The molecule has 0 fully saturated rings. The Hall–Kier alpha value is -1.83. The van der Waals surface area contributed by atoms with Crippen LogP contribution < -0.4 is 0 Å². The number of carbonyl (C=O) groups excluding carboxylic acids is 1. The van der Waals surface area contributed by atoms with Gasteiger partial charge in [0.2, 0.25) is 0 Å². The minimum atomic E-state index is -2.80. The maximum absolute atomic E-state index is 13.1. The van der Waals surface area contributed by atoms with Crippen molar-refractivity contribution >= 4 is 21.9 Å². The molecule has 112 valence electrons. The third kappa shape index (κ3) is 3.84. The van der Waals surface area contributed by atoms with Gasteiger partial charge in [-0.05, 0) is 21.5 Å². The normalized spacial score (nSPS) is 12.4. The maximum atomic E-state index is 13.1. The Morgan fingerprint density at radius 3 is 2.57 bits per heavy atom. The number of aryl methyl sites for hydroxylation is 1. The third-order valence-corrected chi connectivity index (χ3v) is 3.44. The highest BCUT2D eigenvalue weighted by molar-refractivity contribution is 9.10. The van der Waals surface area contributed by atoms with Crippen LogP contribution in [0.4, 0.5) is 8.78 Å². The van der Waals surface area contributed by atoms with Crippen LogP contribution in [0.25, 0.3) is 0 Å². The summed E-state index contributed by atoms with van der Waals surface area (Å²) in [6, 6.07) is 7.91. The molecule has 2 aromatic rings. The molecule has 0 amide bonds. The van der Waals surface area contributed by atoms with Gasteiger partial charge in [0.05, 0.1) is 12.1 Å². The van der Waals surface area contributed by atoms with Crippen molar-refractivity contribution in [3.63, 3.8) is 0 Å². The number of rotatable bonds is 5. The first kappa shape index (κ1) is 15.6. The molecule has 0 unspecified atom stereocenters. The van der Waals surface area contributed by atoms with Crippen LogP contribution in [-0.2, 0) is 23.0 Å². The molecule has 0 N–H and O–H groups in total. The van der Waals surface area contributed by atoms with Gasteiger partial charge >= 0.3 is 5.97 Å². The van der Waals surface area contributed by atoms with Gasteiger partial charge in [-0.25, -0.2) is 8.78 Å². The minimum absolute atomic E-state index is 0.194. The highest BCUT2D eigenvalue weighted by Gasteiger charge is 2.27. The Bertz CT molecular complexity index is 600. The number of nitrogens with zero attached hydrogens (tertiary/aromatic N) is 3. The van der Waals surface area contributed by atoms with Crippen molar-refractivity contribution < 1.29 is 18.3 Å². The molecule has 0 bridgehead atoms. The summed E-state index contributed by atoms with van der Waals surface area (Å²) in [5, 5.41) is 7.42. The van der Waals surface area contributed by atoms with E-state index in [2.05, 4.69) is 26.2 Å². The monoisotopic (exact) mass is 359 g/mol. The lowest BCUT2D eigenvalue weighted by molar-refractivity contribution is -0.157. The van der Waals surface area contributed by atoms with E-state index in [-0.39, 0.29) is 12.0 Å². The Kier molecular flexibility index (Phi) is 5.00. The van der Waals surface area contributed by atoms with Crippen molar-refractivity contribution in [2.45, 2.75) is 19.0 Å². The number of halogens is 3. The van der Waals surface area contributed by atoms with Crippen LogP contribution >= 0.6 is 15.9 Å². The van der Waals surface area contributed by atoms with Gasteiger partial charge in [-0.2, -0.15) is 0 Å². The fraction of sp³-hybridized carbons (Fsp3) is 0.308. The van der Waals surface area contributed by atoms with Crippen LogP contribution in [0.5, 0.6) is 0 Å². The Balaban J connectivity index is 2.09. The molecule has 1 atom stereocenters. The second-order valence-corrected chi connectivity index (χ2v) is 5.03. The zero-order valence-corrected chi connectivity index (χ0v) is 12.6. The molecular formula is C13H12BrF2N3O2. The van der Waals surface area contributed by atoms with Gasteiger partial charge in [-0.15, -0.1) is 5.10 Å². The number of alkyl halides is 2. The number of esters is 1. The lowest BCUT2D eigenvalue weighted by atomic mass is 10.1. The third-order valence-electron chi connectivity index (χ3n) is 2.82. The van der Waals surface area contributed by atoms with Gasteiger partial charge in [0.25, 0.3) is 6.43 Å². The molecule has 1 heterocycles. The van der Waals surface area contributed by atoms with Crippen molar-refractivity contribution in [2.24, 2.45) is 7.05 Å². The highest BCUT2D eigenvalue weighted by atomic mass is 79.9. The molecule has 0 radical (unpaired) electrons. The predicted octanol–water partition coefficient (Wildman–Crippen LogP) is 2.67. The maximum Gasteiger partial charge on any atom is 0.312 e. The molecule has 0 saturated heterocycles. The summed E-state index contributed by atoms with van der Waals surface area (Å²) in [5.41, 5.74) is 0.712. The van der Waals surface area contributed by atoms with E-state index < -0.39 is 18.5 Å².